The Labute approximate surface area is 223 Å². The molecule has 0 amide bonds. The molecule has 5 aromatic rings. The van der Waals surface area contributed by atoms with Crippen molar-refractivity contribution in [1.82, 2.24) is 0 Å². The van der Waals surface area contributed by atoms with E-state index in [2.05, 4.69) is 72.8 Å². The number of halogens is 2. The van der Waals surface area contributed by atoms with Crippen LogP contribution >= 0.6 is 18.6 Å². The summed E-state index contributed by atoms with van der Waals surface area (Å²) < 4.78 is 0. The second-order valence-corrected chi connectivity index (χ2v) is 10.2. The zero-order valence-electron chi connectivity index (χ0n) is 18.9. The van der Waals surface area contributed by atoms with Crippen LogP contribution in [0.15, 0.2) is 133 Å². The standard InChI is InChI=1S/C30H22N2.2ClH.Ti/c1-3-11-23(12-4-1)25-15-9-17-27(21-25)31-29-19-7-8-20-30(29)32-28-18-10-16-26(22-28)24-13-5-2-6-14-24;;;/h1-22H;2*1H;/q-2;;;+2/p-2. The summed E-state index contributed by atoms with van der Waals surface area (Å²) in [5, 5.41) is 9.82. The number of rotatable bonds is 6. The Morgan fingerprint density at radius 2 is 0.743 bits per heavy atom. The van der Waals surface area contributed by atoms with Crippen LogP contribution in [0.25, 0.3) is 32.9 Å². The summed E-state index contributed by atoms with van der Waals surface area (Å²) >= 11 is -0.556. The van der Waals surface area contributed by atoms with Gasteiger partial charge >= 0.3 is 35.6 Å². The molecule has 0 aliphatic carbocycles. The van der Waals surface area contributed by atoms with Crippen LogP contribution in [0.1, 0.15) is 0 Å². The minimum absolute atomic E-state index is 0.556. The Hall–Kier alpha value is -3.01. The Morgan fingerprint density at radius 3 is 1.14 bits per heavy atom. The second kappa shape index (κ2) is 13.2. The molecule has 0 unspecified atom stereocenters. The summed E-state index contributed by atoms with van der Waals surface area (Å²) in [6.45, 7) is 0. The van der Waals surface area contributed by atoms with Crippen LogP contribution in [0.5, 0.6) is 0 Å². The van der Waals surface area contributed by atoms with Gasteiger partial charge in [-0.25, -0.2) is 0 Å². The van der Waals surface area contributed by atoms with Gasteiger partial charge in [-0.3, -0.25) is 0 Å². The first-order chi connectivity index (χ1) is 17.3. The molecule has 0 aliphatic heterocycles. The number of benzene rings is 5. The molecule has 0 radical (unpaired) electrons. The molecule has 0 aromatic heterocycles. The summed E-state index contributed by atoms with van der Waals surface area (Å²) in [5.41, 5.74) is 8.18. The van der Waals surface area contributed by atoms with E-state index in [9.17, 15) is 0 Å². The van der Waals surface area contributed by atoms with Gasteiger partial charge in [0.25, 0.3) is 0 Å². The third kappa shape index (κ3) is 7.24. The van der Waals surface area contributed by atoms with Crippen molar-refractivity contribution in [2.45, 2.75) is 0 Å². The zero-order chi connectivity index (χ0) is 24.3. The smallest absolute Gasteiger partial charge is 0.0184 e. The number of para-hydroxylation sites is 2. The molecule has 0 bridgehead atoms. The van der Waals surface area contributed by atoms with Crippen molar-refractivity contribution in [3.63, 3.8) is 0 Å². The molecule has 5 heteroatoms. The third-order valence-electron chi connectivity index (χ3n) is 5.29. The molecular weight excluding hydrogens is 507 g/mol. The fourth-order valence-electron chi connectivity index (χ4n) is 3.70. The molecule has 0 fully saturated rings. The first-order valence-corrected chi connectivity index (χ1v) is 15.4. The zero-order valence-corrected chi connectivity index (χ0v) is 21.9. The van der Waals surface area contributed by atoms with Crippen LogP contribution < -0.4 is 0 Å². The van der Waals surface area contributed by atoms with Crippen molar-refractivity contribution >= 4 is 41.4 Å². The molecule has 2 nitrogen and oxygen atoms in total. The van der Waals surface area contributed by atoms with E-state index in [1.165, 1.54) is 11.1 Å². The van der Waals surface area contributed by atoms with Crippen LogP contribution in [0, 0.1) is 0 Å². The average Bonchev–Trinajstić information content (AvgIpc) is 2.92. The minimum atomic E-state index is -0.556. The number of hydrogen-bond acceptors (Lipinski definition) is 0. The molecule has 35 heavy (non-hydrogen) atoms. The van der Waals surface area contributed by atoms with Gasteiger partial charge in [0.15, 0.2) is 0 Å². The summed E-state index contributed by atoms with van der Waals surface area (Å²) in [7, 11) is 9.78. The molecule has 0 saturated carbocycles. The summed E-state index contributed by atoms with van der Waals surface area (Å²) in [6, 6.07) is 45.3. The summed E-state index contributed by atoms with van der Waals surface area (Å²) in [6.07, 6.45) is 0. The van der Waals surface area contributed by atoms with E-state index < -0.39 is 17.0 Å². The van der Waals surface area contributed by atoms with Crippen LogP contribution in [0.2, 0.25) is 0 Å². The first kappa shape index (κ1) is 25.1. The Balaban J connectivity index is 0.000000917. The molecule has 5 aromatic carbocycles. The van der Waals surface area contributed by atoms with Gasteiger partial charge < -0.3 is 10.6 Å². The van der Waals surface area contributed by atoms with E-state index in [0.29, 0.717) is 0 Å². The Morgan fingerprint density at radius 1 is 0.400 bits per heavy atom. The van der Waals surface area contributed by atoms with Gasteiger partial charge in [-0.2, -0.15) is 11.4 Å². The van der Waals surface area contributed by atoms with E-state index >= 15 is 0 Å². The molecule has 0 saturated heterocycles. The van der Waals surface area contributed by atoms with E-state index in [1.807, 2.05) is 60.7 Å². The van der Waals surface area contributed by atoms with Crippen molar-refractivity contribution in [2.75, 3.05) is 0 Å². The SMILES string of the molecule is [Cl][Ti][Cl].c1ccc(-c2cccc([N-]c3ccccc3[N-]c3cccc(-c4ccccc4)c3)c2)cc1. The van der Waals surface area contributed by atoms with E-state index in [0.717, 1.165) is 33.9 Å². The molecule has 0 atom stereocenters. The van der Waals surface area contributed by atoms with Gasteiger partial charge in [0.2, 0.25) is 0 Å². The Bertz CT molecular complexity index is 1240. The van der Waals surface area contributed by atoms with Crippen molar-refractivity contribution < 1.29 is 17.0 Å². The van der Waals surface area contributed by atoms with Gasteiger partial charge in [0, 0.05) is 0 Å². The van der Waals surface area contributed by atoms with Crippen LogP contribution in [-0.4, -0.2) is 0 Å². The fourth-order valence-corrected chi connectivity index (χ4v) is 3.70. The van der Waals surface area contributed by atoms with Gasteiger partial charge in [-0.15, -0.1) is 11.4 Å². The molecule has 172 valence electrons. The van der Waals surface area contributed by atoms with Crippen LogP contribution in [0.3, 0.4) is 0 Å². The van der Waals surface area contributed by atoms with E-state index in [1.54, 1.807) is 0 Å². The maximum absolute atomic E-state index is 4.91. The quantitative estimate of drug-likeness (QED) is 0.196. The predicted molar refractivity (Wildman–Crippen MR) is 147 cm³/mol. The molecule has 0 aliphatic rings. The third-order valence-corrected chi connectivity index (χ3v) is 5.29. The minimum Gasteiger partial charge on any atom is -0.659 e. The molecule has 0 heterocycles. The first-order valence-electron chi connectivity index (χ1n) is 11.1. The van der Waals surface area contributed by atoms with Crippen LogP contribution in [-0.2, 0) is 17.0 Å². The van der Waals surface area contributed by atoms with Crippen molar-refractivity contribution in [2.24, 2.45) is 0 Å². The molecule has 0 N–H and O–H groups in total. The van der Waals surface area contributed by atoms with Crippen molar-refractivity contribution in [3.8, 4) is 22.3 Å². The van der Waals surface area contributed by atoms with Gasteiger partial charge in [-0.1, -0.05) is 133 Å². The van der Waals surface area contributed by atoms with Crippen LogP contribution in [0.4, 0.5) is 22.7 Å². The topological polar surface area (TPSA) is 28.2 Å². The average molecular weight is 529 g/mol. The Kier molecular flexibility index (Phi) is 9.45. The molecule has 5 rings (SSSR count). The van der Waals surface area contributed by atoms with E-state index in [4.69, 9.17) is 29.2 Å². The summed E-state index contributed by atoms with van der Waals surface area (Å²) in [4.78, 5) is 0. The van der Waals surface area contributed by atoms with Gasteiger partial charge in [-0.05, 0) is 22.3 Å². The predicted octanol–water partition coefficient (Wildman–Crippen LogP) is 11.1. The second-order valence-electron chi connectivity index (χ2n) is 7.62. The normalized spacial score (nSPS) is 10.0. The summed E-state index contributed by atoms with van der Waals surface area (Å²) in [5.74, 6) is 0. The van der Waals surface area contributed by atoms with Gasteiger partial charge in [0.1, 0.15) is 0 Å². The molecular formula is C30H22Cl2N2Ti-2. The molecule has 0 spiro atoms. The van der Waals surface area contributed by atoms with E-state index in [-0.39, 0.29) is 0 Å². The van der Waals surface area contributed by atoms with Gasteiger partial charge in [0.05, 0.1) is 0 Å². The number of nitrogens with zero attached hydrogens (tertiary/aromatic N) is 2. The maximum atomic E-state index is 4.91. The largest absolute Gasteiger partial charge is 0.659 e. The van der Waals surface area contributed by atoms with Crippen molar-refractivity contribution in [3.05, 3.63) is 144 Å². The monoisotopic (exact) mass is 528 g/mol. The van der Waals surface area contributed by atoms with Crippen molar-refractivity contribution in [1.29, 1.82) is 0 Å². The fraction of sp³-hybridized carbons (Fsp3) is 0. The number of hydrogen-bond donors (Lipinski definition) is 0. The maximum Gasteiger partial charge on any atom is -0.0184 e.